The number of rotatable bonds is 7. The summed E-state index contributed by atoms with van der Waals surface area (Å²) < 4.78 is 6.14. The lowest BCUT2D eigenvalue weighted by Crippen LogP contribution is -2.45. The average molecular weight is 547 g/mol. The van der Waals surface area contributed by atoms with Crippen molar-refractivity contribution >= 4 is 39.2 Å². The van der Waals surface area contributed by atoms with E-state index in [1.54, 1.807) is 12.4 Å². The van der Waals surface area contributed by atoms with Gasteiger partial charge in [0.2, 0.25) is 5.91 Å². The number of hydrogen-bond acceptors (Lipinski definition) is 5. The summed E-state index contributed by atoms with van der Waals surface area (Å²) in [4.78, 5) is 31.2. The summed E-state index contributed by atoms with van der Waals surface area (Å²) in [6, 6.07) is 24.4. The molecular formula is C34H34N4O3. The van der Waals surface area contributed by atoms with E-state index in [4.69, 9.17) is 4.42 Å². The van der Waals surface area contributed by atoms with Gasteiger partial charge < -0.3 is 15.1 Å². The molecule has 41 heavy (non-hydrogen) atoms. The van der Waals surface area contributed by atoms with Gasteiger partial charge in [0.05, 0.1) is 0 Å². The van der Waals surface area contributed by atoms with E-state index in [1.165, 1.54) is 12.5 Å². The standard InChI is InChI=1S/C34H34N4O3/c1-22(38-16-12-24(13-17-38)26-6-5-7-28(18-26)37-23(2)39)21-36-34(40)32-20-27-19-31(25-10-14-35-15-11-25)29-8-3-4-9-30(29)33(27)41-32/h3-11,14-15,18-20,22,24H,12-13,16-17,21H2,1-2H3,(H,36,40)(H,37,39). The number of carbonyl (C=O) groups excluding carboxylic acids is 2. The highest BCUT2D eigenvalue weighted by Gasteiger charge is 2.25. The van der Waals surface area contributed by atoms with Crippen LogP contribution in [0, 0.1) is 0 Å². The van der Waals surface area contributed by atoms with Crippen LogP contribution in [-0.2, 0) is 4.79 Å². The maximum absolute atomic E-state index is 13.2. The first-order valence-electron chi connectivity index (χ1n) is 14.2. The number of carbonyl (C=O) groups is 2. The number of likely N-dealkylation sites (tertiary alicyclic amines) is 1. The predicted molar refractivity (Wildman–Crippen MR) is 163 cm³/mol. The van der Waals surface area contributed by atoms with Crippen molar-refractivity contribution in [2.75, 3.05) is 25.0 Å². The molecule has 3 aromatic carbocycles. The number of fused-ring (bicyclic) bond motifs is 3. The van der Waals surface area contributed by atoms with E-state index in [9.17, 15) is 9.59 Å². The Hall–Kier alpha value is -4.49. The molecule has 7 nitrogen and oxygen atoms in total. The number of nitrogens with one attached hydrogen (secondary N) is 2. The highest BCUT2D eigenvalue weighted by molar-refractivity contribution is 6.13. The molecule has 1 aliphatic rings. The summed E-state index contributed by atoms with van der Waals surface area (Å²) in [6.45, 7) is 6.15. The lowest BCUT2D eigenvalue weighted by molar-refractivity contribution is -0.114. The highest BCUT2D eigenvalue weighted by atomic mass is 16.3. The molecule has 6 rings (SSSR count). The van der Waals surface area contributed by atoms with Crippen molar-refractivity contribution in [2.45, 2.75) is 38.6 Å². The second-order valence-corrected chi connectivity index (χ2v) is 10.9. The van der Waals surface area contributed by atoms with Crippen molar-refractivity contribution in [1.29, 1.82) is 0 Å². The van der Waals surface area contributed by atoms with Crippen LogP contribution < -0.4 is 10.6 Å². The zero-order valence-electron chi connectivity index (χ0n) is 23.4. The Bertz CT molecular complexity index is 1700. The zero-order valence-corrected chi connectivity index (χ0v) is 23.4. The molecule has 0 spiro atoms. The molecule has 1 aliphatic heterocycles. The number of nitrogens with zero attached hydrogens (tertiary/aromatic N) is 2. The normalized spacial score (nSPS) is 15.2. The Balaban J connectivity index is 1.11. The van der Waals surface area contributed by atoms with Gasteiger partial charge in [-0.1, -0.05) is 36.4 Å². The maximum Gasteiger partial charge on any atom is 0.287 e. The first-order valence-corrected chi connectivity index (χ1v) is 14.2. The monoisotopic (exact) mass is 546 g/mol. The summed E-state index contributed by atoms with van der Waals surface area (Å²) in [5.41, 5.74) is 4.99. The van der Waals surface area contributed by atoms with Crippen LogP contribution in [0.3, 0.4) is 0 Å². The number of anilines is 1. The molecule has 1 saturated heterocycles. The van der Waals surface area contributed by atoms with E-state index < -0.39 is 0 Å². The Morgan fingerprint density at radius 3 is 2.49 bits per heavy atom. The third-order valence-electron chi connectivity index (χ3n) is 8.13. The van der Waals surface area contributed by atoms with Crippen LogP contribution >= 0.6 is 0 Å². The Kier molecular flexibility index (Phi) is 7.53. The molecule has 0 radical (unpaired) electrons. The summed E-state index contributed by atoms with van der Waals surface area (Å²) in [7, 11) is 0. The molecule has 3 heterocycles. The fourth-order valence-electron chi connectivity index (χ4n) is 5.96. The molecule has 7 heteroatoms. The summed E-state index contributed by atoms with van der Waals surface area (Å²) in [6.07, 6.45) is 5.66. The molecule has 1 fully saturated rings. The summed E-state index contributed by atoms with van der Waals surface area (Å²) in [5, 5.41) is 8.93. The number of hydrogen-bond donors (Lipinski definition) is 2. The van der Waals surface area contributed by atoms with Crippen molar-refractivity contribution in [3.05, 3.63) is 96.5 Å². The van der Waals surface area contributed by atoms with Crippen LogP contribution in [0.5, 0.6) is 0 Å². The minimum absolute atomic E-state index is 0.0569. The van der Waals surface area contributed by atoms with Gasteiger partial charge in [-0.15, -0.1) is 0 Å². The first kappa shape index (κ1) is 26.7. The third kappa shape index (κ3) is 5.72. The molecule has 0 aliphatic carbocycles. The largest absolute Gasteiger partial charge is 0.450 e. The van der Waals surface area contributed by atoms with Gasteiger partial charge in [-0.25, -0.2) is 0 Å². The van der Waals surface area contributed by atoms with Gasteiger partial charge in [-0.3, -0.25) is 19.5 Å². The van der Waals surface area contributed by atoms with Gasteiger partial charge in [-0.2, -0.15) is 0 Å². The first-order chi connectivity index (χ1) is 20.0. The minimum Gasteiger partial charge on any atom is -0.450 e. The zero-order chi connectivity index (χ0) is 28.3. The van der Waals surface area contributed by atoms with Crippen LogP contribution in [0.4, 0.5) is 5.69 Å². The smallest absolute Gasteiger partial charge is 0.287 e. The third-order valence-corrected chi connectivity index (χ3v) is 8.13. The summed E-state index contributed by atoms with van der Waals surface area (Å²) >= 11 is 0. The molecule has 1 atom stereocenters. The van der Waals surface area contributed by atoms with Crippen molar-refractivity contribution < 1.29 is 14.0 Å². The molecular weight excluding hydrogens is 512 g/mol. The lowest BCUT2D eigenvalue weighted by Gasteiger charge is -2.36. The van der Waals surface area contributed by atoms with Gasteiger partial charge in [0.1, 0.15) is 5.58 Å². The molecule has 0 bridgehead atoms. The van der Waals surface area contributed by atoms with E-state index >= 15 is 0 Å². The molecule has 2 N–H and O–H groups in total. The van der Waals surface area contributed by atoms with Crippen LogP contribution in [0.2, 0.25) is 0 Å². The van der Waals surface area contributed by atoms with Gasteiger partial charge in [-0.05, 0) is 97.2 Å². The van der Waals surface area contributed by atoms with Gasteiger partial charge in [0, 0.05) is 48.4 Å². The van der Waals surface area contributed by atoms with Crippen LogP contribution in [0.15, 0.2) is 89.6 Å². The maximum atomic E-state index is 13.2. The van der Waals surface area contributed by atoms with Gasteiger partial charge >= 0.3 is 0 Å². The molecule has 208 valence electrons. The molecule has 2 amide bonds. The van der Waals surface area contributed by atoms with Gasteiger partial charge in [0.15, 0.2) is 5.76 Å². The fraction of sp³-hybridized carbons (Fsp3) is 0.265. The van der Waals surface area contributed by atoms with E-state index in [1.807, 2.05) is 48.5 Å². The quantitative estimate of drug-likeness (QED) is 0.240. The van der Waals surface area contributed by atoms with Crippen LogP contribution in [0.25, 0.3) is 32.9 Å². The van der Waals surface area contributed by atoms with Crippen molar-refractivity contribution in [1.82, 2.24) is 15.2 Å². The van der Waals surface area contributed by atoms with Crippen molar-refractivity contribution in [2.24, 2.45) is 0 Å². The number of aromatic nitrogens is 1. The van der Waals surface area contributed by atoms with E-state index in [-0.39, 0.29) is 17.9 Å². The fourth-order valence-corrected chi connectivity index (χ4v) is 5.96. The second-order valence-electron chi connectivity index (χ2n) is 10.9. The van der Waals surface area contributed by atoms with Crippen LogP contribution in [0.1, 0.15) is 48.7 Å². The van der Waals surface area contributed by atoms with Gasteiger partial charge in [0.25, 0.3) is 5.91 Å². The van der Waals surface area contributed by atoms with E-state index in [0.717, 1.165) is 64.5 Å². The Morgan fingerprint density at radius 1 is 0.976 bits per heavy atom. The topological polar surface area (TPSA) is 87.5 Å². The SMILES string of the molecule is CC(=O)Nc1cccc(C2CCN(C(C)CNC(=O)c3cc4cc(-c5ccncc5)c5ccccc5c4o3)CC2)c1. The molecule has 0 saturated carbocycles. The summed E-state index contributed by atoms with van der Waals surface area (Å²) in [5.74, 6) is 0.525. The molecule has 1 unspecified atom stereocenters. The Morgan fingerprint density at radius 2 is 1.73 bits per heavy atom. The number of pyridine rings is 1. The Labute approximate surface area is 239 Å². The van der Waals surface area contributed by atoms with E-state index in [2.05, 4.69) is 51.7 Å². The molecule has 5 aromatic rings. The number of benzene rings is 3. The average Bonchev–Trinajstić information content (AvgIpc) is 3.44. The minimum atomic E-state index is -0.202. The lowest BCUT2D eigenvalue weighted by atomic mass is 9.88. The molecule has 2 aromatic heterocycles. The predicted octanol–water partition coefficient (Wildman–Crippen LogP) is 6.60. The second kappa shape index (κ2) is 11.6. The van der Waals surface area contributed by atoms with E-state index in [0.29, 0.717) is 18.2 Å². The highest BCUT2D eigenvalue weighted by Crippen LogP contribution is 2.36. The number of furan rings is 1. The van der Waals surface area contributed by atoms with Crippen molar-refractivity contribution in [3.63, 3.8) is 0 Å². The van der Waals surface area contributed by atoms with Crippen LogP contribution in [-0.4, -0.2) is 47.4 Å². The number of piperidine rings is 1. The number of amides is 2. The van der Waals surface area contributed by atoms with Crippen molar-refractivity contribution in [3.8, 4) is 11.1 Å².